The molecule has 2 aromatic rings. The molecule has 0 aliphatic carbocycles. The summed E-state index contributed by atoms with van der Waals surface area (Å²) in [6.45, 7) is 0.450. The highest BCUT2D eigenvalue weighted by Crippen LogP contribution is 2.24. The summed E-state index contributed by atoms with van der Waals surface area (Å²) in [7, 11) is -1.51. The van der Waals surface area contributed by atoms with Gasteiger partial charge in [-0.1, -0.05) is 12.1 Å². The van der Waals surface area contributed by atoms with Gasteiger partial charge in [-0.25, -0.2) is 8.42 Å². The number of carbonyl (C=O) groups excluding carboxylic acids is 1. The van der Waals surface area contributed by atoms with Gasteiger partial charge in [0.25, 0.3) is 0 Å². The molecule has 1 fully saturated rings. The average Bonchev–Trinajstić information content (AvgIpc) is 3.24. The minimum absolute atomic E-state index is 0.0651. The number of hydrogen-bond donors (Lipinski definition) is 1. The van der Waals surface area contributed by atoms with Crippen molar-refractivity contribution in [3.05, 3.63) is 48.4 Å². The second-order valence-corrected chi connectivity index (χ2v) is 8.52. The van der Waals surface area contributed by atoms with Crippen LogP contribution in [-0.2, 0) is 21.2 Å². The zero-order valence-electron chi connectivity index (χ0n) is 14.6. The Morgan fingerprint density at radius 2 is 2.12 bits per heavy atom. The van der Waals surface area contributed by atoms with Crippen LogP contribution in [-0.4, -0.2) is 50.4 Å². The fourth-order valence-electron chi connectivity index (χ4n) is 3.10. The fourth-order valence-corrected chi connectivity index (χ4v) is 4.86. The second-order valence-electron chi connectivity index (χ2n) is 6.29. The van der Waals surface area contributed by atoms with E-state index in [-0.39, 0.29) is 30.0 Å². The van der Waals surface area contributed by atoms with E-state index in [1.165, 1.54) is 7.11 Å². The molecule has 1 aliphatic heterocycles. The largest absolute Gasteiger partial charge is 0.495 e. The summed E-state index contributed by atoms with van der Waals surface area (Å²) in [6, 6.07) is 10.5. The van der Waals surface area contributed by atoms with Crippen LogP contribution in [0.3, 0.4) is 0 Å². The Bertz CT molecular complexity index is 848. The van der Waals surface area contributed by atoms with E-state index in [1.54, 1.807) is 24.5 Å². The predicted molar refractivity (Wildman–Crippen MR) is 97.8 cm³/mol. The van der Waals surface area contributed by atoms with Crippen LogP contribution in [0.5, 0.6) is 5.75 Å². The van der Waals surface area contributed by atoms with Crippen molar-refractivity contribution < 1.29 is 22.4 Å². The van der Waals surface area contributed by atoms with Crippen molar-refractivity contribution in [3.8, 4) is 5.75 Å². The lowest BCUT2D eigenvalue weighted by Crippen LogP contribution is -2.41. The summed E-state index contributed by atoms with van der Waals surface area (Å²) in [5.41, 5.74) is 0.581. The van der Waals surface area contributed by atoms with Crippen LogP contribution in [0.25, 0.3) is 0 Å². The van der Waals surface area contributed by atoms with Gasteiger partial charge < -0.3 is 14.5 Å². The molecule has 3 rings (SSSR count). The molecule has 1 N–H and O–H groups in total. The first-order chi connectivity index (χ1) is 12.5. The minimum Gasteiger partial charge on any atom is -0.495 e. The van der Waals surface area contributed by atoms with E-state index in [2.05, 4.69) is 5.32 Å². The Hall–Kier alpha value is -2.32. The fraction of sp³-hybridized carbons (Fsp3) is 0.389. The number of anilines is 1. The molecular weight excluding hydrogens is 356 g/mol. The number of ether oxygens (including phenoxy) is 1. The number of hydrogen-bond acceptors (Lipinski definition) is 6. The highest BCUT2D eigenvalue weighted by atomic mass is 32.2. The van der Waals surface area contributed by atoms with E-state index in [4.69, 9.17) is 9.15 Å². The first-order valence-electron chi connectivity index (χ1n) is 8.36. The first kappa shape index (κ1) is 18.5. The number of sulfone groups is 1. The van der Waals surface area contributed by atoms with Crippen LogP contribution in [0, 0.1) is 0 Å². The number of benzene rings is 1. The van der Waals surface area contributed by atoms with Crippen LogP contribution in [0.15, 0.2) is 47.1 Å². The normalized spacial score (nSPS) is 18.8. The van der Waals surface area contributed by atoms with E-state index in [0.717, 1.165) is 0 Å². The van der Waals surface area contributed by atoms with E-state index < -0.39 is 9.84 Å². The first-order valence-corrected chi connectivity index (χ1v) is 10.2. The molecule has 1 aromatic carbocycles. The smallest absolute Gasteiger partial charge is 0.238 e. The number of furan rings is 1. The van der Waals surface area contributed by atoms with Gasteiger partial charge in [0.2, 0.25) is 5.91 Å². The van der Waals surface area contributed by atoms with Gasteiger partial charge in [-0.15, -0.1) is 0 Å². The Morgan fingerprint density at radius 3 is 2.77 bits per heavy atom. The molecule has 26 heavy (non-hydrogen) atoms. The molecule has 1 aromatic heterocycles. The summed E-state index contributed by atoms with van der Waals surface area (Å²) >= 11 is 0. The summed E-state index contributed by atoms with van der Waals surface area (Å²) in [4.78, 5) is 14.4. The molecule has 2 heterocycles. The van der Waals surface area contributed by atoms with E-state index >= 15 is 0 Å². The van der Waals surface area contributed by atoms with Crippen LogP contribution >= 0.6 is 0 Å². The SMILES string of the molecule is COc1ccccc1NC(=O)CN(Cc1ccco1)[C@H]1CCS(=O)(=O)C1. The number of nitrogens with zero attached hydrogens (tertiary/aromatic N) is 1. The van der Waals surface area contributed by atoms with Crippen molar-refractivity contribution in [2.24, 2.45) is 0 Å². The Balaban J connectivity index is 1.71. The zero-order valence-corrected chi connectivity index (χ0v) is 15.4. The average molecular weight is 378 g/mol. The highest BCUT2D eigenvalue weighted by Gasteiger charge is 2.33. The summed E-state index contributed by atoms with van der Waals surface area (Å²) in [5, 5.41) is 2.83. The monoisotopic (exact) mass is 378 g/mol. The minimum atomic E-state index is -3.05. The van der Waals surface area contributed by atoms with Gasteiger partial charge in [0.1, 0.15) is 11.5 Å². The topological polar surface area (TPSA) is 88.8 Å². The molecule has 1 saturated heterocycles. The molecule has 0 saturated carbocycles. The predicted octanol–water partition coefficient (Wildman–Crippen LogP) is 1.92. The third kappa shape index (κ3) is 4.64. The Labute approximate surface area is 152 Å². The quantitative estimate of drug-likeness (QED) is 0.792. The van der Waals surface area contributed by atoms with Gasteiger partial charge >= 0.3 is 0 Å². The van der Waals surface area contributed by atoms with Gasteiger partial charge in [-0.2, -0.15) is 0 Å². The van der Waals surface area contributed by atoms with Crippen molar-refractivity contribution in [2.75, 3.05) is 30.5 Å². The van der Waals surface area contributed by atoms with Crippen molar-refractivity contribution >= 4 is 21.4 Å². The van der Waals surface area contributed by atoms with Crippen molar-refractivity contribution in [1.29, 1.82) is 0 Å². The molecule has 1 aliphatic rings. The standard InChI is InChI=1S/C18H22N2O5S/c1-24-17-7-3-2-6-16(17)19-18(21)12-20(11-15-5-4-9-25-15)14-8-10-26(22,23)13-14/h2-7,9,14H,8,10-13H2,1H3,(H,19,21)/t14-/m0/s1. The molecule has 1 amide bonds. The maximum absolute atomic E-state index is 12.5. The Kier molecular flexibility index (Phi) is 5.63. The van der Waals surface area contributed by atoms with Gasteiger partial charge in [-0.05, 0) is 30.7 Å². The van der Waals surface area contributed by atoms with E-state index in [1.807, 2.05) is 23.1 Å². The molecule has 140 valence electrons. The second kappa shape index (κ2) is 7.92. The maximum Gasteiger partial charge on any atom is 0.238 e. The van der Waals surface area contributed by atoms with E-state index in [9.17, 15) is 13.2 Å². The summed E-state index contributed by atoms with van der Waals surface area (Å²) < 4.78 is 34.3. The van der Waals surface area contributed by atoms with Gasteiger partial charge in [-0.3, -0.25) is 9.69 Å². The van der Waals surface area contributed by atoms with Crippen LogP contribution < -0.4 is 10.1 Å². The zero-order chi connectivity index (χ0) is 18.6. The van der Waals surface area contributed by atoms with Crippen molar-refractivity contribution in [3.63, 3.8) is 0 Å². The van der Waals surface area contributed by atoms with Crippen LogP contribution in [0.4, 0.5) is 5.69 Å². The number of methoxy groups -OCH3 is 1. The molecule has 1 atom stereocenters. The molecule has 7 nitrogen and oxygen atoms in total. The van der Waals surface area contributed by atoms with Gasteiger partial charge in [0, 0.05) is 6.04 Å². The lowest BCUT2D eigenvalue weighted by atomic mass is 10.2. The molecule has 0 spiro atoms. The molecule has 8 heteroatoms. The number of amides is 1. The lowest BCUT2D eigenvalue weighted by molar-refractivity contribution is -0.118. The molecular formula is C18H22N2O5S. The lowest BCUT2D eigenvalue weighted by Gasteiger charge is -2.26. The van der Waals surface area contributed by atoms with Crippen molar-refractivity contribution in [1.82, 2.24) is 4.90 Å². The van der Waals surface area contributed by atoms with Crippen molar-refractivity contribution in [2.45, 2.75) is 19.0 Å². The number of nitrogens with one attached hydrogen (secondary N) is 1. The Morgan fingerprint density at radius 1 is 1.31 bits per heavy atom. The molecule has 0 unspecified atom stereocenters. The maximum atomic E-state index is 12.5. The van der Waals surface area contributed by atoms with Crippen LogP contribution in [0.2, 0.25) is 0 Å². The number of rotatable bonds is 7. The molecule has 0 radical (unpaired) electrons. The summed E-state index contributed by atoms with van der Waals surface area (Å²) in [5.74, 6) is 1.25. The highest BCUT2D eigenvalue weighted by molar-refractivity contribution is 7.91. The number of para-hydroxylation sites is 2. The summed E-state index contributed by atoms with van der Waals surface area (Å²) in [6.07, 6.45) is 2.08. The van der Waals surface area contributed by atoms with Gasteiger partial charge in [0.15, 0.2) is 9.84 Å². The number of carbonyl (C=O) groups is 1. The third-order valence-corrected chi connectivity index (χ3v) is 6.14. The molecule has 0 bridgehead atoms. The van der Waals surface area contributed by atoms with E-state index in [0.29, 0.717) is 30.2 Å². The van der Waals surface area contributed by atoms with Gasteiger partial charge in [0.05, 0.1) is 43.7 Å². The third-order valence-electron chi connectivity index (χ3n) is 4.39. The van der Waals surface area contributed by atoms with Crippen LogP contribution in [0.1, 0.15) is 12.2 Å².